The van der Waals surface area contributed by atoms with Gasteiger partial charge in [-0.05, 0) is 43.7 Å². The third kappa shape index (κ3) is 3.45. The molecule has 128 valence electrons. The number of para-hydroxylation sites is 1. The number of benzene rings is 2. The highest BCUT2D eigenvalue weighted by Crippen LogP contribution is 2.29. The molecule has 0 aliphatic heterocycles. The zero-order valence-corrected chi connectivity index (χ0v) is 14.5. The third-order valence-electron chi connectivity index (χ3n) is 4.19. The van der Waals surface area contributed by atoms with Gasteiger partial charge in [0.05, 0.1) is 17.4 Å². The van der Waals surface area contributed by atoms with E-state index in [0.29, 0.717) is 0 Å². The fourth-order valence-corrected chi connectivity index (χ4v) is 3.07. The molecule has 1 unspecified atom stereocenters. The van der Waals surface area contributed by atoms with E-state index in [1.165, 1.54) is 19.1 Å². The predicted molar refractivity (Wildman–Crippen MR) is 95.1 cm³/mol. The van der Waals surface area contributed by atoms with Crippen LogP contribution in [0.15, 0.2) is 54.6 Å². The van der Waals surface area contributed by atoms with Crippen molar-refractivity contribution in [1.82, 2.24) is 15.1 Å². The van der Waals surface area contributed by atoms with Crippen molar-refractivity contribution >= 4 is 5.91 Å². The predicted octanol–water partition coefficient (Wildman–Crippen LogP) is 3.85. The van der Waals surface area contributed by atoms with Gasteiger partial charge in [-0.1, -0.05) is 30.3 Å². The first-order valence-corrected chi connectivity index (χ1v) is 8.11. The Hall–Kier alpha value is -2.95. The van der Waals surface area contributed by atoms with Gasteiger partial charge in [-0.25, -0.2) is 9.07 Å². The summed E-state index contributed by atoms with van der Waals surface area (Å²) >= 11 is 0. The molecule has 1 aromatic heterocycles. The van der Waals surface area contributed by atoms with E-state index in [1.807, 2.05) is 48.9 Å². The molecule has 0 radical (unpaired) electrons. The first-order valence-electron chi connectivity index (χ1n) is 8.11. The first kappa shape index (κ1) is 16.9. The SMILES string of the molecule is CC(=O)NC(c1ccc(F)cc1)c1c(C)nn(-c2ccccc2)c1C. The normalized spacial score (nSPS) is 12.0. The van der Waals surface area contributed by atoms with Gasteiger partial charge < -0.3 is 5.32 Å². The number of halogens is 1. The minimum atomic E-state index is -0.379. The van der Waals surface area contributed by atoms with Crippen LogP contribution in [0, 0.1) is 19.7 Å². The Morgan fingerprint density at radius 2 is 1.72 bits per heavy atom. The highest BCUT2D eigenvalue weighted by Gasteiger charge is 2.24. The van der Waals surface area contributed by atoms with Crippen molar-refractivity contribution in [2.75, 3.05) is 0 Å². The number of carbonyl (C=O) groups excluding carboxylic acids is 1. The second-order valence-corrected chi connectivity index (χ2v) is 6.02. The van der Waals surface area contributed by atoms with Crippen LogP contribution in [0.2, 0.25) is 0 Å². The smallest absolute Gasteiger partial charge is 0.217 e. The second-order valence-electron chi connectivity index (χ2n) is 6.02. The molecule has 5 heteroatoms. The van der Waals surface area contributed by atoms with Gasteiger partial charge in [0.1, 0.15) is 5.82 Å². The van der Waals surface area contributed by atoms with Crippen molar-refractivity contribution in [3.05, 3.63) is 82.9 Å². The Morgan fingerprint density at radius 1 is 1.08 bits per heavy atom. The standard InChI is InChI=1S/C20H20FN3O/c1-13-19(14(2)24(23-13)18-7-5-4-6-8-18)20(22-15(3)25)16-9-11-17(21)12-10-16/h4-12,20H,1-3H3,(H,22,25). The minimum Gasteiger partial charge on any atom is -0.345 e. The van der Waals surface area contributed by atoms with Gasteiger partial charge in [-0.3, -0.25) is 4.79 Å². The number of rotatable bonds is 4. The molecule has 0 spiro atoms. The van der Waals surface area contributed by atoms with Crippen molar-refractivity contribution < 1.29 is 9.18 Å². The average Bonchev–Trinajstić information content (AvgIpc) is 2.89. The number of nitrogens with zero attached hydrogens (tertiary/aromatic N) is 2. The second kappa shape index (κ2) is 6.89. The third-order valence-corrected chi connectivity index (χ3v) is 4.19. The van der Waals surface area contributed by atoms with E-state index in [4.69, 9.17) is 0 Å². The zero-order chi connectivity index (χ0) is 18.0. The summed E-state index contributed by atoms with van der Waals surface area (Å²) in [6.07, 6.45) is 0. The quantitative estimate of drug-likeness (QED) is 0.786. The van der Waals surface area contributed by atoms with Crippen LogP contribution >= 0.6 is 0 Å². The molecule has 1 amide bonds. The number of hydrogen-bond donors (Lipinski definition) is 1. The molecule has 1 N–H and O–H groups in total. The van der Waals surface area contributed by atoms with Crippen LogP contribution in [0.5, 0.6) is 0 Å². The average molecular weight is 337 g/mol. The molecule has 0 saturated heterocycles. The van der Waals surface area contributed by atoms with E-state index in [0.717, 1.165) is 28.2 Å². The molecule has 1 atom stereocenters. The molecule has 0 aliphatic rings. The summed E-state index contributed by atoms with van der Waals surface area (Å²) in [4.78, 5) is 11.8. The number of aryl methyl sites for hydroxylation is 1. The van der Waals surface area contributed by atoms with Crippen LogP contribution < -0.4 is 5.32 Å². The first-order chi connectivity index (χ1) is 12.0. The molecular weight excluding hydrogens is 317 g/mol. The maximum absolute atomic E-state index is 13.3. The summed E-state index contributed by atoms with van der Waals surface area (Å²) in [5.74, 6) is -0.459. The monoisotopic (exact) mass is 337 g/mol. The summed E-state index contributed by atoms with van der Waals surface area (Å²) in [7, 11) is 0. The molecule has 0 bridgehead atoms. The van der Waals surface area contributed by atoms with E-state index in [9.17, 15) is 9.18 Å². The van der Waals surface area contributed by atoms with Crippen molar-refractivity contribution in [3.8, 4) is 5.69 Å². The van der Waals surface area contributed by atoms with Crippen LogP contribution in [0.3, 0.4) is 0 Å². The van der Waals surface area contributed by atoms with Gasteiger partial charge in [0.2, 0.25) is 5.91 Å². The summed E-state index contributed by atoms with van der Waals surface area (Å²) in [6.45, 7) is 5.36. The molecule has 25 heavy (non-hydrogen) atoms. The molecule has 3 rings (SSSR count). The minimum absolute atomic E-state index is 0.152. The van der Waals surface area contributed by atoms with E-state index < -0.39 is 0 Å². The van der Waals surface area contributed by atoms with Crippen molar-refractivity contribution in [2.24, 2.45) is 0 Å². The van der Waals surface area contributed by atoms with E-state index in [-0.39, 0.29) is 17.8 Å². The molecule has 4 nitrogen and oxygen atoms in total. The lowest BCUT2D eigenvalue weighted by Gasteiger charge is -2.19. The van der Waals surface area contributed by atoms with E-state index in [2.05, 4.69) is 10.4 Å². The van der Waals surface area contributed by atoms with Gasteiger partial charge in [0, 0.05) is 18.2 Å². The van der Waals surface area contributed by atoms with Crippen LogP contribution in [0.25, 0.3) is 5.69 Å². The highest BCUT2D eigenvalue weighted by atomic mass is 19.1. The lowest BCUT2D eigenvalue weighted by atomic mass is 9.97. The molecule has 3 aromatic rings. The fraction of sp³-hybridized carbons (Fsp3) is 0.200. The zero-order valence-electron chi connectivity index (χ0n) is 14.5. The molecule has 0 saturated carbocycles. The summed E-state index contributed by atoms with van der Waals surface area (Å²) < 4.78 is 15.2. The topological polar surface area (TPSA) is 46.9 Å². The Labute approximate surface area is 146 Å². The van der Waals surface area contributed by atoms with Gasteiger partial charge in [0.25, 0.3) is 0 Å². The van der Waals surface area contributed by atoms with Gasteiger partial charge in [-0.2, -0.15) is 5.10 Å². The number of nitrogens with one attached hydrogen (secondary N) is 1. The molecule has 0 aliphatic carbocycles. The molecule has 0 fully saturated rings. The highest BCUT2D eigenvalue weighted by molar-refractivity contribution is 5.74. The Balaban J connectivity index is 2.12. The van der Waals surface area contributed by atoms with E-state index >= 15 is 0 Å². The molecular formula is C20H20FN3O. The van der Waals surface area contributed by atoms with Gasteiger partial charge >= 0.3 is 0 Å². The number of amides is 1. The number of hydrogen-bond acceptors (Lipinski definition) is 2. The molecule has 2 aromatic carbocycles. The van der Waals surface area contributed by atoms with Gasteiger partial charge in [0.15, 0.2) is 0 Å². The summed E-state index contributed by atoms with van der Waals surface area (Å²) in [5.41, 5.74) is 4.45. The van der Waals surface area contributed by atoms with Crippen molar-refractivity contribution in [1.29, 1.82) is 0 Å². The number of carbonyl (C=O) groups is 1. The maximum atomic E-state index is 13.3. The van der Waals surface area contributed by atoms with Gasteiger partial charge in [-0.15, -0.1) is 0 Å². The van der Waals surface area contributed by atoms with Crippen molar-refractivity contribution in [2.45, 2.75) is 26.8 Å². The Bertz CT molecular complexity index is 885. The summed E-state index contributed by atoms with van der Waals surface area (Å²) in [6, 6.07) is 15.6. The van der Waals surface area contributed by atoms with Crippen LogP contribution in [-0.2, 0) is 4.79 Å². The fourth-order valence-electron chi connectivity index (χ4n) is 3.07. The molecule has 1 heterocycles. The van der Waals surface area contributed by atoms with Crippen LogP contribution in [0.4, 0.5) is 4.39 Å². The Morgan fingerprint density at radius 3 is 2.32 bits per heavy atom. The van der Waals surface area contributed by atoms with Crippen molar-refractivity contribution in [3.63, 3.8) is 0 Å². The number of aromatic nitrogens is 2. The largest absolute Gasteiger partial charge is 0.345 e. The summed E-state index contributed by atoms with van der Waals surface area (Å²) in [5, 5.41) is 7.61. The Kier molecular flexibility index (Phi) is 4.65. The lowest BCUT2D eigenvalue weighted by molar-refractivity contribution is -0.119. The maximum Gasteiger partial charge on any atom is 0.217 e. The van der Waals surface area contributed by atoms with Crippen LogP contribution in [0.1, 0.15) is 35.5 Å². The van der Waals surface area contributed by atoms with Crippen LogP contribution in [-0.4, -0.2) is 15.7 Å². The lowest BCUT2D eigenvalue weighted by Crippen LogP contribution is -2.27. The van der Waals surface area contributed by atoms with E-state index in [1.54, 1.807) is 12.1 Å².